The van der Waals surface area contributed by atoms with Crippen molar-refractivity contribution in [3.05, 3.63) is 22.3 Å². The minimum atomic E-state index is 0. The molecule has 0 amide bonds. The van der Waals surface area contributed by atoms with Crippen molar-refractivity contribution in [2.75, 3.05) is 7.11 Å². The van der Waals surface area contributed by atoms with Crippen molar-refractivity contribution in [2.45, 2.75) is 0 Å². The fourth-order valence-electron chi connectivity index (χ4n) is 0. The van der Waals surface area contributed by atoms with Crippen LogP contribution in [0.5, 0.6) is 0 Å². The second-order valence-electron chi connectivity index (χ2n) is 0. The third-order valence-electron chi connectivity index (χ3n) is 0. The Morgan fingerprint density at radius 2 is 0.750 bits per heavy atom. The molecule has 5 N–H and O–H groups in total. The van der Waals surface area contributed by atoms with Crippen LogP contribution in [0.4, 0.5) is 0 Å². The Balaban J connectivity index is -0.000000000333. The summed E-state index contributed by atoms with van der Waals surface area (Å²) in [5.41, 5.74) is 0. The summed E-state index contributed by atoms with van der Waals surface area (Å²) >= 11 is 0. The largest absolute Gasteiger partial charge is 2.00 e. The van der Waals surface area contributed by atoms with E-state index in [1.54, 1.807) is 0 Å². The summed E-state index contributed by atoms with van der Waals surface area (Å²) in [7, 11) is 1.00. The van der Waals surface area contributed by atoms with Gasteiger partial charge in [-0.25, -0.2) is 0 Å². The number of hydrogen-bond acceptors (Lipinski definition) is 1. The summed E-state index contributed by atoms with van der Waals surface area (Å²) in [5, 5.41) is 7.00. The SMILES string of the molecule is CO.O.O.[CH3-].[CH3-].[CH3-].[Co+2]. The number of rotatable bonds is 0. The summed E-state index contributed by atoms with van der Waals surface area (Å²) in [5.74, 6) is 0. The second-order valence-corrected chi connectivity index (χ2v) is 0. The van der Waals surface area contributed by atoms with Gasteiger partial charge in [0.15, 0.2) is 0 Å². The Hall–Kier alpha value is 0.386. The number of hydrogen-bond donors (Lipinski definition) is 1. The molecule has 0 aromatic rings. The molecule has 0 saturated carbocycles. The van der Waals surface area contributed by atoms with E-state index in [1.165, 1.54) is 0 Å². The van der Waals surface area contributed by atoms with Crippen molar-refractivity contribution in [3.63, 3.8) is 0 Å². The molecule has 0 atom stereocenters. The van der Waals surface area contributed by atoms with E-state index in [1.807, 2.05) is 0 Å². The van der Waals surface area contributed by atoms with Crippen molar-refractivity contribution in [3.8, 4) is 0 Å². The van der Waals surface area contributed by atoms with Gasteiger partial charge in [0.2, 0.25) is 0 Å². The molecule has 0 unspecified atom stereocenters. The van der Waals surface area contributed by atoms with Crippen LogP contribution in [0, 0.1) is 22.3 Å². The van der Waals surface area contributed by atoms with E-state index in [0.717, 1.165) is 7.11 Å². The predicted octanol–water partition coefficient (Wildman–Crippen LogP) is -0.693. The summed E-state index contributed by atoms with van der Waals surface area (Å²) in [6, 6.07) is 0. The zero-order valence-electron chi connectivity index (χ0n) is 5.78. The first kappa shape index (κ1) is 238. The zero-order chi connectivity index (χ0) is 2.00. The van der Waals surface area contributed by atoms with Crippen LogP contribution < -0.4 is 0 Å². The molecule has 4 heteroatoms. The van der Waals surface area contributed by atoms with Gasteiger partial charge in [-0.3, -0.25) is 0 Å². The summed E-state index contributed by atoms with van der Waals surface area (Å²) in [4.78, 5) is 0. The second kappa shape index (κ2) is 2020. The van der Waals surface area contributed by atoms with Crippen LogP contribution in [0.3, 0.4) is 0 Å². The monoisotopic (exact) mass is 172 g/mol. The van der Waals surface area contributed by atoms with Gasteiger partial charge < -0.3 is 38.3 Å². The van der Waals surface area contributed by atoms with Gasteiger partial charge in [0, 0.05) is 7.11 Å². The standard InChI is InChI=1S/CH4O.3CH3.Co.2H2O/c1-2;;;;;;/h2H,1H3;3*1H3;;2*1H2/q;3*-1;+2;;. The van der Waals surface area contributed by atoms with Gasteiger partial charge in [-0.15, -0.1) is 0 Å². The van der Waals surface area contributed by atoms with Gasteiger partial charge >= 0.3 is 16.8 Å². The molecule has 61 valence electrons. The molecule has 0 aliphatic rings. The molecule has 0 fully saturated rings. The van der Waals surface area contributed by atoms with Crippen LogP contribution >= 0.6 is 0 Å². The first-order valence-electron chi connectivity index (χ1n) is 0.447. The maximum atomic E-state index is 7.00. The summed E-state index contributed by atoms with van der Waals surface area (Å²) in [6.45, 7) is 0. The van der Waals surface area contributed by atoms with Gasteiger partial charge in [0.05, 0.1) is 0 Å². The van der Waals surface area contributed by atoms with Crippen LogP contribution in [-0.4, -0.2) is 23.2 Å². The van der Waals surface area contributed by atoms with Crippen molar-refractivity contribution >= 4 is 0 Å². The van der Waals surface area contributed by atoms with E-state index in [4.69, 9.17) is 5.11 Å². The summed E-state index contributed by atoms with van der Waals surface area (Å²) < 4.78 is 0. The molecule has 0 aromatic carbocycles. The third-order valence-corrected chi connectivity index (χ3v) is 0. The van der Waals surface area contributed by atoms with Crippen molar-refractivity contribution in [1.82, 2.24) is 0 Å². The first-order valence-corrected chi connectivity index (χ1v) is 0.447. The van der Waals surface area contributed by atoms with Gasteiger partial charge in [-0.05, 0) is 0 Å². The van der Waals surface area contributed by atoms with E-state index >= 15 is 0 Å². The van der Waals surface area contributed by atoms with Gasteiger partial charge in [-0.1, -0.05) is 0 Å². The Bertz CT molecular complexity index is 11.2. The topological polar surface area (TPSA) is 83.2 Å². The molecule has 0 bridgehead atoms. The fourth-order valence-corrected chi connectivity index (χ4v) is 0. The normalized spacial score (nSPS) is 0.750. The van der Waals surface area contributed by atoms with Crippen LogP contribution in [0.1, 0.15) is 0 Å². The number of aliphatic hydroxyl groups is 1. The van der Waals surface area contributed by atoms with Crippen LogP contribution in [-0.2, 0) is 16.8 Å². The molecule has 1 radical (unpaired) electrons. The molecule has 0 spiro atoms. The van der Waals surface area contributed by atoms with E-state index in [9.17, 15) is 0 Å². The Morgan fingerprint density at radius 1 is 0.750 bits per heavy atom. The van der Waals surface area contributed by atoms with Gasteiger partial charge in [-0.2, -0.15) is 0 Å². The third kappa shape index (κ3) is 1240. The molecule has 8 heavy (non-hydrogen) atoms. The predicted molar refractivity (Wildman–Crippen MR) is 34.6 cm³/mol. The summed E-state index contributed by atoms with van der Waals surface area (Å²) in [6.07, 6.45) is 0. The zero-order valence-corrected chi connectivity index (χ0v) is 6.82. The van der Waals surface area contributed by atoms with Crippen LogP contribution in [0.15, 0.2) is 0 Å². The Morgan fingerprint density at radius 3 is 0.750 bits per heavy atom. The number of aliphatic hydroxyl groups excluding tert-OH is 1. The van der Waals surface area contributed by atoms with Gasteiger partial charge in [0.25, 0.3) is 0 Å². The molecule has 0 aliphatic carbocycles. The molecule has 3 nitrogen and oxygen atoms in total. The minimum Gasteiger partial charge on any atom is -0.412 e. The van der Waals surface area contributed by atoms with E-state index in [0.29, 0.717) is 0 Å². The smallest absolute Gasteiger partial charge is 0.412 e. The van der Waals surface area contributed by atoms with Crippen molar-refractivity contribution in [1.29, 1.82) is 0 Å². The molecule has 0 saturated heterocycles. The maximum Gasteiger partial charge on any atom is 2.00 e. The van der Waals surface area contributed by atoms with Crippen LogP contribution in [0.2, 0.25) is 0 Å². The van der Waals surface area contributed by atoms with Crippen molar-refractivity contribution in [2.24, 2.45) is 0 Å². The Labute approximate surface area is 62.9 Å². The average Bonchev–Trinajstić information content (AvgIpc) is 1.00. The van der Waals surface area contributed by atoms with E-state index < -0.39 is 0 Å². The fraction of sp³-hybridized carbons (Fsp3) is 0.250. The Kier molecular flexibility index (Phi) is 60000. The molecule has 0 rings (SSSR count). The first-order chi connectivity index (χ1) is 1.00. The minimum absolute atomic E-state index is 0. The molecule has 0 heterocycles. The molecular formula is C4H17CoO3-. The van der Waals surface area contributed by atoms with E-state index in [2.05, 4.69) is 0 Å². The maximum absolute atomic E-state index is 7.00. The van der Waals surface area contributed by atoms with Crippen LogP contribution in [0.25, 0.3) is 0 Å². The average molecular weight is 172 g/mol. The quantitative estimate of drug-likeness (QED) is 0.482. The molecule has 0 aliphatic heterocycles. The van der Waals surface area contributed by atoms with Crippen molar-refractivity contribution < 1.29 is 32.8 Å². The van der Waals surface area contributed by atoms with Gasteiger partial charge in [0.1, 0.15) is 0 Å². The molecule has 0 aromatic heterocycles. The van der Waals surface area contributed by atoms with E-state index in [-0.39, 0.29) is 50.0 Å². The molecular weight excluding hydrogens is 155 g/mol.